The smallest absolute Gasteiger partial charge is 0.330 e. The van der Waals surface area contributed by atoms with Crippen molar-refractivity contribution >= 4 is 5.97 Å². The third-order valence-corrected chi connectivity index (χ3v) is 1.34. The predicted molar refractivity (Wildman–Crippen MR) is 56.6 cm³/mol. The van der Waals surface area contributed by atoms with Crippen LogP contribution in [0.3, 0.4) is 0 Å². The Bertz CT molecular complexity index is 186. The topological polar surface area (TPSA) is 26.3 Å². The molecule has 0 unspecified atom stereocenters. The number of hydrogen-bond acceptors (Lipinski definition) is 2. The lowest BCUT2D eigenvalue weighted by atomic mass is 10.2. The van der Waals surface area contributed by atoms with Crippen molar-refractivity contribution in [3.8, 4) is 0 Å². The fraction of sp³-hybridized carbons (Fsp3) is 0.545. The van der Waals surface area contributed by atoms with Gasteiger partial charge in [-0.3, -0.25) is 0 Å². The Morgan fingerprint density at radius 3 is 2.38 bits per heavy atom. The van der Waals surface area contributed by atoms with E-state index >= 15 is 0 Å². The molecule has 0 aliphatic carbocycles. The van der Waals surface area contributed by atoms with E-state index in [1.165, 1.54) is 18.8 Å². The van der Waals surface area contributed by atoms with Gasteiger partial charge in [0, 0.05) is 6.08 Å². The summed E-state index contributed by atoms with van der Waals surface area (Å²) < 4.78 is 4.44. The summed E-state index contributed by atoms with van der Waals surface area (Å²) in [6.45, 7) is 4.12. The first-order valence-electron chi connectivity index (χ1n) is 4.04. The summed E-state index contributed by atoms with van der Waals surface area (Å²) in [6.07, 6.45) is 7.29. The average molecular weight is 184 g/mol. The van der Waals surface area contributed by atoms with E-state index in [2.05, 4.69) is 24.7 Å². The molecule has 0 aliphatic rings. The Kier molecular flexibility index (Phi) is 10.1. The molecule has 2 nitrogen and oxygen atoms in total. The number of rotatable bonds is 4. The van der Waals surface area contributed by atoms with Gasteiger partial charge in [0.15, 0.2) is 0 Å². The molecule has 0 fully saturated rings. The fourth-order valence-electron chi connectivity index (χ4n) is 0.716. The summed E-state index contributed by atoms with van der Waals surface area (Å²) in [7, 11) is 1.38. The van der Waals surface area contributed by atoms with Crippen molar-refractivity contribution in [1.82, 2.24) is 0 Å². The quantitative estimate of drug-likeness (QED) is 0.290. The third kappa shape index (κ3) is 10.9. The maximum absolute atomic E-state index is 10.6. The normalized spacial score (nSPS) is 9.15. The lowest BCUT2D eigenvalue weighted by Gasteiger charge is -1.90. The molecule has 0 aliphatic heterocycles. The number of allylic oxidation sites excluding steroid dienone is 3. The molecular weight excluding hydrogens is 164 g/mol. The van der Waals surface area contributed by atoms with Crippen LogP contribution in [0.5, 0.6) is 0 Å². The third-order valence-electron chi connectivity index (χ3n) is 1.34. The van der Waals surface area contributed by atoms with Gasteiger partial charge < -0.3 is 4.74 Å². The van der Waals surface area contributed by atoms with E-state index < -0.39 is 0 Å². The van der Waals surface area contributed by atoms with E-state index in [9.17, 15) is 4.79 Å². The number of esters is 1. The van der Waals surface area contributed by atoms with Gasteiger partial charge in [0.25, 0.3) is 0 Å². The van der Waals surface area contributed by atoms with E-state index in [4.69, 9.17) is 0 Å². The summed E-state index contributed by atoms with van der Waals surface area (Å²) in [5.74, 6) is -0.285. The summed E-state index contributed by atoms with van der Waals surface area (Å²) >= 11 is 0. The molecule has 0 radical (unpaired) electrons. The molecule has 0 spiro atoms. The van der Waals surface area contributed by atoms with E-state index in [1.807, 2.05) is 6.08 Å². The zero-order valence-corrected chi connectivity index (χ0v) is 7.96. The Hall–Kier alpha value is -1.05. The number of carbonyl (C=O) groups is 1. The fourth-order valence-corrected chi connectivity index (χ4v) is 0.716. The minimum absolute atomic E-state index is 0. The van der Waals surface area contributed by atoms with Crippen LogP contribution in [0.2, 0.25) is 0 Å². The zero-order chi connectivity index (χ0) is 9.40. The minimum Gasteiger partial charge on any atom is -0.466 e. The van der Waals surface area contributed by atoms with Crippen LogP contribution in [0.25, 0.3) is 0 Å². The van der Waals surface area contributed by atoms with Gasteiger partial charge in [0.1, 0.15) is 0 Å². The van der Waals surface area contributed by atoms with Gasteiger partial charge in [-0.05, 0) is 26.7 Å². The molecule has 0 atom stereocenters. The average Bonchev–Trinajstić information content (AvgIpc) is 2.03. The molecule has 0 aromatic rings. The number of hydrogen-bond donors (Lipinski definition) is 0. The lowest BCUT2D eigenvalue weighted by molar-refractivity contribution is -0.134. The van der Waals surface area contributed by atoms with Gasteiger partial charge in [0.2, 0.25) is 0 Å². The van der Waals surface area contributed by atoms with Crippen molar-refractivity contribution in [3.05, 3.63) is 23.8 Å². The molecule has 76 valence electrons. The molecule has 0 N–H and O–H groups in total. The highest BCUT2D eigenvalue weighted by atomic mass is 16.5. The van der Waals surface area contributed by atoms with Gasteiger partial charge in [-0.25, -0.2) is 4.79 Å². The number of carbonyl (C=O) groups excluding carboxylic acids is 1. The highest BCUT2D eigenvalue weighted by Crippen LogP contribution is 1.97. The molecule has 0 saturated carbocycles. The van der Waals surface area contributed by atoms with E-state index in [1.54, 1.807) is 0 Å². The molecule has 0 saturated heterocycles. The first kappa shape index (κ1) is 14.5. The Morgan fingerprint density at radius 2 is 1.92 bits per heavy atom. The maximum atomic E-state index is 10.6. The van der Waals surface area contributed by atoms with Gasteiger partial charge in [-0.15, -0.1) is 0 Å². The molecule has 0 heterocycles. The highest BCUT2D eigenvalue weighted by Gasteiger charge is 1.88. The maximum Gasteiger partial charge on any atom is 0.330 e. The SMILES string of the molecule is C.COC(=O)/C=C/CCC=C(C)C. The zero-order valence-electron chi connectivity index (χ0n) is 7.96. The second-order valence-corrected chi connectivity index (χ2v) is 2.78. The second kappa shape index (κ2) is 9.04. The molecule has 2 heteroatoms. The van der Waals surface area contributed by atoms with Crippen LogP contribution in [-0.2, 0) is 9.53 Å². The van der Waals surface area contributed by atoms with Crippen LogP contribution in [-0.4, -0.2) is 13.1 Å². The molecule has 13 heavy (non-hydrogen) atoms. The summed E-state index contributed by atoms with van der Waals surface area (Å²) in [5, 5.41) is 0. The summed E-state index contributed by atoms with van der Waals surface area (Å²) in [5.41, 5.74) is 1.31. The molecule has 0 amide bonds. The first-order chi connectivity index (χ1) is 5.66. The van der Waals surface area contributed by atoms with E-state index in [0.717, 1.165) is 12.8 Å². The molecule has 0 rings (SSSR count). The molecule has 0 aromatic heterocycles. The number of methoxy groups -OCH3 is 1. The van der Waals surface area contributed by atoms with Crippen LogP contribution in [0, 0.1) is 0 Å². The number of ether oxygens (including phenoxy) is 1. The summed E-state index contributed by atoms with van der Waals surface area (Å²) in [6, 6.07) is 0. The van der Waals surface area contributed by atoms with Crippen LogP contribution in [0.1, 0.15) is 34.1 Å². The minimum atomic E-state index is -0.285. The van der Waals surface area contributed by atoms with E-state index in [-0.39, 0.29) is 13.4 Å². The van der Waals surface area contributed by atoms with Crippen LogP contribution < -0.4 is 0 Å². The van der Waals surface area contributed by atoms with Gasteiger partial charge in [-0.1, -0.05) is 25.2 Å². The first-order valence-corrected chi connectivity index (χ1v) is 4.04. The van der Waals surface area contributed by atoms with E-state index in [0.29, 0.717) is 0 Å². The second-order valence-electron chi connectivity index (χ2n) is 2.78. The number of unbranched alkanes of at least 4 members (excludes halogenated alkanes) is 1. The molecule has 0 aromatic carbocycles. The van der Waals surface area contributed by atoms with Crippen LogP contribution in [0.15, 0.2) is 23.8 Å². The van der Waals surface area contributed by atoms with Crippen molar-refractivity contribution in [3.63, 3.8) is 0 Å². The lowest BCUT2D eigenvalue weighted by Crippen LogP contribution is -1.93. The summed E-state index contributed by atoms with van der Waals surface area (Å²) in [4.78, 5) is 10.6. The van der Waals surface area contributed by atoms with Crippen LogP contribution >= 0.6 is 0 Å². The monoisotopic (exact) mass is 184 g/mol. The Balaban J connectivity index is 0. The van der Waals surface area contributed by atoms with Crippen LogP contribution in [0.4, 0.5) is 0 Å². The Labute approximate surface area is 81.3 Å². The predicted octanol–water partition coefficient (Wildman–Crippen LogP) is 3.10. The van der Waals surface area contributed by atoms with Crippen molar-refractivity contribution in [2.45, 2.75) is 34.1 Å². The van der Waals surface area contributed by atoms with Crippen molar-refractivity contribution < 1.29 is 9.53 Å². The largest absolute Gasteiger partial charge is 0.466 e. The van der Waals surface area contributed by atoms with Crippen molar-refractivity contribution in [1.29, 1.82) is 0 Å². The molecule has 0 bridgehead atoms. The van der Waals surface area contributed by atoms with Gasteiger partial charge >= 0.3 is 5.97 Å². The standard InChI is InChI=1S/C10H16O2.CH4/c1-9(2)7-5-4-6-8-10(11)12-3;/h6-8H,4-5H2,1-3H3;1H4/b8-6+;. The van der Waals surface area contributed by atoms with Crippen molar-refractivity contribution in [2.24, 2.45) is 0 Å². The van der Waals surface area contributed by atoms with Gasteiger partial charge in [-0.2, -0.15) is 0 Å². The highest BCUT2D eigenvalue weighted by molar-refractivity contribution is 5.81. The molecular formula is C11H20O2. The van der Waals surface area contributed by atoms with Crippen molar-refractivity contribution in [2.75, 3.05) is 7.11 Å². The Morgan fingerprint density at radius 1 is 1.31 bits per heavy atom. The van der Waals surface area contributed by atoms with Gasteiger partial charge in [0.05, 0.1) is 7.11 Å².